The number of aromatic carboxylic acids is 1. The molecule has 0 amide bonds. The van der Waals surface area contributed by atoms with Crippen LogP contribution in [0.4, 0.5) is 0 Å². The van der Waals surface area contributed by atoms with Gasteiger partial charge >= 0.3 is 5.97 Å². The topological polar surface area (TPSA) is 95.1 Å². The maximum absolute atomic E-state index is 11.3. The third-order valence-electron chi connectivity index (χ3n) is 3.01. The zero-order valence-corrected chi connectivity index (χ0v) is 12.2. The Morgan fingerprint density at radius 1 is 1.43 bits per heavy atom. The summed E-state index contributed by atoms with van der Waals surface area (Å²) in [6.45, 7) is 3.71. The minimum absolute atomic E-state index is 0.0726. The molecule has 0 aromatic carbocycles. The second-order valence-electron chi connectivity index (χ2n) is 4.68. The van der Waals surface area contributed by atoms with E-state index in [1.807, 2.05) is 0 Å². The van der Waals surface area contributed by atoms with E-state index in [-0.39, 0.29) is 5.69 Å². The lowest BCUT2D eigenvalue weighted by atomic mass is 10.2. The van der Waals surface area contributed by atoms with E-state index in [2.05, 4.69) is 22.3 Å². The summed E-state index contributed by atoms with van der Waals surface area (Å²) in [6, 6.07) is 0. The van der Waals surface area contributed by atoms with Crippen LogP contribution in [0, 0.1) is 0 Å². The molecule has 0 saturated carbocycles. The Hall–Kier alpha value is -2.22. The first kappa shape index (κ1) is 15.2. The van der Waals surface area contributed by atoms with Gasteiger partial charge in [-0.05, 0) is 6.42 Å². The Morgan fingerprint density at radius 2 is 2.24 bits per heavy atom. The molecule has 114 valence electrons. The first-order valence-electron chi connectivity index (χ1n) is 6.87. The monoisotopic (exact) mass is 293 g/mol. The molecule has 0 fully saturated rings. The van der Waals surface area contributed by atoms with Gasteiger partial charge in [-0.2, -0.15) is 5.10 Å². The first-order valence-corrected chi connectivity index (χ1v) is 6.87. The minimum Gasteiger partial charge on any atom is -0.476 e. The summed E-state index contributed by atoms with van der Waals surface area (Å²) < 4.78 is 8.64. The molecule has 0 atom stereocenters. The van der Waals surface area contributed by atoms with Crippen molar-refractivity contribution in [3.63, 3.8) is 0 Å². The highest BCUT2D eigenvalue weighted by molar-refractivity contribution is 5.92. The van der Waals surface area contributed by atoms with E-state index in [4.69, 9.17) is 4.74 Å². The van der Waals surface area contributed by atoms with Gasteiger partial charge in [0.1, 0.15) is 5.69 Å². The van der Waals surface area contributed by atoms with Gasteiger partial charge in [-0.1, -0.05) is 18.6 Å². The molecule has 2 heterocycles. The number of ether oxygens (including phenoxy) is 1. The Balaban J connectivity index is 2.16. The number of rotatable bonds is 8. The molecular weight excluding hydrogens is 274 g/mol. The number of unbranched alkanes of at least 4 members (excludes halogenated alkanes) is 1. The van der Waals surface area contributed by atoms with Crippen LogP contribution in [0.3, 0.4) is 0 Å². The van der Waals surface area contributed by atoms with Gasteiger partial charge < -0.3 is 9.84 Å². The van der Waals surface area contributed by atoms with Gasteiger partial charge in [-0.15, -0.1) is 5.10 Å². The fourth-order valence-electron chi connectivity index (χ4n) is 1.94. The maximum Gasteiger partial charge on any atom is 0.358 e. The molecule has 0 aliphatic rings. The number of aromatic nitrogens is 5. The van der Waals surface area contributed by atoms with E-state index in [0.717, 1.165) is 12.8 Å². The van der Waals surface area contributed by atoms with Gasteiger partial charge in [-0.3, -0.25) is 4.68 Å². The van der Waals surface area contributed by atoms with E-state index >= 15 is 0 Å². The van der Waals surface area contributed by atoms with E-state index in [0.29, 0.717) is 31.0 Å². The summed E-state index contributed by atoms with van der Waals surface area (Å²) in [5.41, 5.74) is 1.06. The predicted octanol–water partition coefficient (Wildman–Crippen LogP) is 1.19. The third kappa shape index (κ3) is 3.66. The number of aryl methyl sites for hydroxylation is 1. The van der Waals surface area contributed by atoms with Crippen LogP contribution in [-0.2, 0) is 18.3 Å². The van der Waals surface area contributed by atoms with Gasteiger partial charge in [0.25, 0.3) is 0 Å². The van der Waals surface area contributed by atoms with Gasteiger partial charge in [0.05, 0.1) is 19.3 Å². The van der Waals surface area contributed by atoms with Crippen molar-refractivity contribution in [2.75, 3.05) is 13.2 Å². The highest BCUT2D eigenvalue weighted by atomic mass is 16.5. The number of carboxylic acids is 1. The molecule has 0 spiro atoms. The lowest BCUT2D eigenvalue weighted by molar-refractivity contribution is 0.0691. The Labute approximate surface area is 122 Å². The molecule has 21 heavy (non-hydrogen) atoms. The Kier molecular flexibility index (Phi) is 5.04. The Bertz CT molecular complexity index is 605. The maximum atomic E-state index is 11.3. The van der Waals surface area contributed by atoms with Gasteiger partial charge in [-0.25, -0.2) is 9.48 Å². The van der Waals surface area contributed by atoms with Crippen molar-refractivity contribution in [2.24, 2.45) is 7.05 Å². The summed E-state index contributed by atoms with van der Waals surface area (Å²) in [5, 5.41) is 20.9. The second-order valence-corrected chi connectivity index (χ2v) is 4.68. The van der Waals surface area contributed by atoms with Crippen molar-refractivity contribution in [2.45, 2.75) is 26.3 Å². The molecule has 0 radical (unpaired) electrons. The highest BCUT2D eigenvalue weighted by Gasteiger charge is 2.21. The number of carbonyl (C=O) groups is 1. The molecule has 0 unspecified atom stereocenters. The lowest BCUT2D eigenvalue weighted by Gasteiger charge is -2.06. The molecular formula is C13H19N5O3. The fraction of sp³-hybridized carbons (Fsp3) is 0.538. The largest absolute Gasteiger partial charge is 0.476 e. The summed E-state index contributed by atoms with van der Waals surface area (Å²) in [6.07, 6.45) is 5.42. The van der Waals surface area contributed by atoms with Crippen molar-refractivity contribution in [3.8, 4) is 11.3 Å². The van der Waals surface area contributed by atoms with Gasteiger partial charge in [0.15, 0.2) is 5.69 Å². The standard InChI is InChI=1S/C13H19N5O3/c1-3-4-6-21-7-5-18-12(10-8-14-17(2)9-10)11(13(19)20)15-16-18/h8-9H,3-7H2,1-2H3,(H,19,20). The zero-order chi connectivity index (χ0) is 15.2. The van der Waals surface area contributed by atoms with Gasteiger partial charge in [0.2, 0.25) is 0 Å². The molecule has 8 nitrogen and oxygen atoms in total. The van der Waals surface area contributed by atoms with Crippen molar-refractivity contribution in [1.82, 2.24) is 24.8 Å². The molecule has 2 aromatic heterocycles. The highest BCUT2D eigenvalue weighted by Crippen LogP contribution is 2.21. The molecule has 2 rings (SSSR count). The molecule has 1 N–H and O–H groups in total. The van der Waals surface area contributed by atoms with Crippen LogP contribution in [0.5, 0.6) is 0 Å². The summed E-state index contributed by atoms with van der Waals surface area (Å²) in [7, 11) is 1.77. The van der Waals surface area contributed by atoms with Crippen molar-refractivity contribution < 1.29 is 14.6 Å². The van der Waals surface area contributed by atoms with Crippen molar-refractivity contribution in [1.29, 1.82) is 0 Å². The normalized spacial score (nSPS) is 11.0. The molecule has 8 heteroatoms. The third-order valence-corrected chi connectivity index (χ3v) is 3.01. The SMILES string of the molecule is CCCCOCCn1nnc(C(=O)O)c1-c1cnn(C)c1. The molecule has 0 bridgehead atoms. The van der Waals surface area contributed by atoms with E-state index in [1.54, 1.807) is 28.8 Å². The molecule has 0 saturated heterocycles. The predicted molar refractivity (Wildman–Crippen MR) is 74.9 cm³/mol. The molecule has 0 aliphatic heterocycles. The van der Waals surface area contributed by atoms with Crippen molar-refractivity contribution in [3.05, 3.63) is 18.1 Å². The average molecular weight is 293 g/mol. The van der Waals surface area contributed by atoms with Crippen LogP contribution < -0.4 is 0 Å². The van der Waals surface area contributed by atoms with Crippen LogP contribution in [-0.4, -0.2) is 49.1 Å². The van der Waals surface area contributed by atoms with Crippen molar-refractivity contribution >= 4 is 5.97 Å². The van der Waals surface area contributed by atoms with Crippen LogP contribution in [0.2, 0.25) is 0 Å². The van der Waals surface area contributed by atoms with Crippen LogP contribution in [0.25, 0.3) is 11.3 Å². The minimum atomic E-state index is -1.10. The Morgan fingerprint density at radius 3 is 2.86 bits per heavy atom. The fourth-order valence-corrected chi connectivity index (χ4v) is 1.94. The van der Waals surface area contributed by atoms with Gasteiger partial charge in [0, 0.05) is 25.4 Å². The summed E-state index contributed by atoms with van der Waals surface area (Å²) in [5.74, 6) is -1.10. The van der Waals surface area contributed by atoms with Crippen LogP contribution in [0.1, 0.15) is 30.3 Å². The van der Waals surface area contributed by atoms with E-state index < -0.39 is 5.97 Å². The van der Waals surface area contributed by atoms with E-state index in [1.165, 1.54) is 0 Å². The van der Waals surface area contributed by atoms with E-state index in [9.17, 15) is 9.90 Å². The average Bonchev–Trinajstić information content (AvgIpc) is 3.04. The first-order chi connectivity index (χ1) is 10.1. The molecule has 2 aromatic rings. The number of hydrogen-bond donors (Lipinski definition) is 1. The summed E-state index contributed by atoms with van der Waals surface area (Å²) >= 11 is 0. The lowest BCUT2D eigenvalue weighted by Crippen LogP contribution is -2.10. The smallest absolute Gasteiger partial charge is 0.358 e. The van der Waals surface area contributed by atoms with Crippen LogP contribution >= 0.6 is 0 Å². The quantitative estimate of drug-likeness (QED) is 0.735. The second kappa shape index (κ2) is 6.98. The number of hydrogen-bond acceptors (Lipinski definition) is 5. The zero-order valence-electron chi connectivity index (χ0n) is 12.2. The van der Waals surface area contributed by atoms with Crippen LogP contribution in [0.15, 0.2) is 12.4 Å². The number of nitrogens with zero attached hydrogens (tertiary/aromatic N) is 5. The summed E-state index contributed by atoms with van der Waals surface area (Å²) in [4.78, 5) is 11.3. The number of carboxylic acid groups (broad SMARTS) is 1. The molecule has 0 aliphatic carbocycles.